The Labute approximate surface area is 294 Å². The summed E-state index contributed by atoms with van der Waals surface area (Å²) in [6, 6.07) is 0.212. The van der Waals surface area contributed by atoms with Crippen molar-refractivity contribution in [2.75, 3.05) is 14.1 Å². The van der Waals surface area contributed by atoms with Gasteiger partial charge in [-0.1, -0.05) is 34.6 Å². The van der Waals surface area contributed by atoms with E-state index in [0.717, 1.165) is 12.0 Å². The Bertz CT molecular complexity index is 1230. The largest absolute Gasteiger partial charge is 0.488 e. The smallest absolute Gasteiger partial charge is 0.311 e. The molecule has 0 aromatic rings. The summed E-state index contributed by atoms with van der Waals surface area (Å²) in [5.41, 5.74) is -2.55. The van der Waals surface area contributed by atoms with Crippen LogP contribution in [0.1, 0.15) is 109 Å². The van der Waals surface area contributed by atoms with E-state index in [4.69, 9.17) is 28.4 Å². The molecule has 49 heavy (non-hydrogen) atoms. The predicted molar refractivity (Wildman–Crippen MR) is 184 cm³/mol. The highest BCUT2D eigenvalue weighted by atomic mass is 16.7. The van der Waals surface area contributed by atoms with Crippen molar-refractivity contribution in [1.82, 2.24) is 4.90 Å². The standard InChI is InChI=1S/C38H65NO10/c1-15-27-38(12,43)31(40)22(5)29-19(2)17-37(11,49-29)33(48-35-21(4)26(39(13)14)16-20(3)44-35)23(6)30(24(7)34(42)46-27)47-28-18-36(9,10)32(41)25(8)45-28/h20-28,30,32-33,35,41,43H,15-18H2,1-14H3/t20-,21-,22+,23+,24-,25+,26+,27-,28+,30+,32+,33-,35+,37-,38-/m1/s1. The van der Waals surface area contributed by atoms with Crippen LogP contribution in [0, 0.1) is 29.1 Å². The Hall–Kier alpha value is -1.60. The monoisotopic (exact) mass is 695 g/mol. The summed E-state index contributed by atoms with van der Waals surface area (Å²) in [5.74, 6) is -2.70. The molecule has 4 rings (SSSR count). The first kappa shape index (κ1) is 40.2. The van der Waals surface area contributed by atoms with E-state index >= 15 is 0 Å². The van der Waals surface area contributed by atoms with Gasteiger partial charge in [0.2, 0.25) is 0 Å². The van der Waals surface area contributed by atoms with E-state index in [1.54, 1.807) is 20.8 Å². The molecule has 3 saturated heterocycles. The van der Waals surface area contributed by atoms with Gasteiger partial charge in [-0.15, -0.1) is 0 Å². The molecule has 0 aliphatic carbocycles. The SMILES string of the molecule is CC[C@H]1OC(=O)[C@H](C)[C@@H](O[C@H]2CC(C)(C)[C@@H](O)[C@H](C)O2)[C@H](C)[C@@H](O[C@@H]2O[C@H](C)C[C@H](N(C)C)[C@H]2C)[C@@]2(C)CC(C)=C(O2)[C@H](C)C(=O)[C@]1(C)O. The zero-order valence-corrected chi connectivity index (χ0v) is 32.4. The molecule has 4 aliphatic rings. The topological polar surface area (TPSA) is 133 Å². The van der Waals surface area contributed by atoms with Gasteiger partial charge in [0.25, 0.3) is 0 Å². The second-order valence-electron chi connectivity index (χ2n) is 17.0. The molecular weight excluding hydrogens is 630 g/mol. The maximum Gasteiger partial charge on any atom is 0.311 e. The lowest BCUT2D eigenvalue weighted by atomic mass is 9.77. The van der Waals surface area contributed by atoms with Crippen molar-refractivity contribution >= 4 is 11.8 Å². The van der Waals surface area contributed by atoms with Crippen LogP contribution in [0.15, 0.2) is 11.3 Å². The molecular formula is C38H65NO10. The number of fused-ring (bicyclic) bond motifs is 2. The molecule has 2 N–H and O–H groups in total. The first-order valence-corrected chi connectivity index (χ1v) is 18.4. The zero-order chi connectivity index (χ0) is 37.0. The number of carbonyl (C=O) groups excluding carboxylic acids is 2. The van der Waals surface area contributed by atoms with E-state index in [9.17, 15) is 19.8 Å². The number of ketones is 1. The van der Waals surface area contributed by atoms with Crippen molar-refractivity contribution in [3.05, 3.63) is 11.3 Å². The van der Waals surface area contributed by atoms with Gasteiger partial charge >= 0.3 is 5.97 Å². The second-order valence-corrected chi connectivity index (χ2v) is 17.0. The molecule has 0 amide bonds. The van der Waals surface area contributed by atoms with Gasteiger partial charge in [0.15, 0.2) is 24.0 Å². The highest BCUT2D eigenvalue weighted by molar-refractivity contribution is 5.91. The van der Waals surface area contributed by atoms with E-state index in [1.807, 2.05) is 41.5 Å². The molecule has 0 aromatic carbocycles. The third-order valence-corrected chi connectivity index (χ3v) is 11.9. The molecule has 0 spiro atoms. The van der Waals surface area contributed by atoms with Gasteiger partial charge in [-0.2, -0.15) is 0 Å². The molecule has 4 aliphatic heterocycles. The average Bonchev–Trinajstić information content (AvgIpc) is 3.33. The third kappa shape index (κ3) is 7.93. The minimum absolute atomic E-state index is 0.00833. The van der Waals surface area contributed by atoms with Crippen LogP contribution in [0.25, 0.3) is 0 Å². The Morgan fingerprint density at radius 1 is 0.959 bits per heavy atom. The number of Topliss-reactive ketones (excluding diaryl/α,β-unsaturated/α-hetero) is 1. The quantitative estimate of drug-likeness (QED) is 0.364. The fraction of sp³-hybridized carbons (Fsp3) is 0.895. The minimum Gasteiger partial charge on any atom is -0.488 e. The van der Waals surface area contributed by atoms with Gasteiger partial charge in [0, 0.05) is 30.7 Å². The normalized spacial score (nSPS) is 46.8. The fourth-order valence-electron chi connectivity index (χ4n) is 8.92. The lowest BCUT2D eigenvalue weighted by molar-refractivity contribution is -0.303. The first-order valence-electron chi connectivity index (χ1n) is 18.4. The number of aliphatic hydroxyl groups excluding tert-OH is 1. The Balaban J connectivity index is 1.84. The van der Waals surface area contributed by atoms with Crippen LogP contribution in [-0.2, 0) is 38.0 Å². The minimum atomic E-state index is -1.96. The number of hydrogen-bond acceptors (Lipinski definition) is 11. The van der Waals surface area contributed by atoms with Gasteiger partial charge in [-0.3, -0.25) is 9.59 Å². The first-order chi connectivity index (χ1) is 22.5. The summed E-state index contributed by atoms with van der Waals surface area (Å²) < 4.78 is 39.5. The molecule has 0 saturated carbocycles. The summed E-state index contributed by atoms with van der Waals surface area (Å²) in [7, 11) is 4.13. The van der Waals surface area contributed by atoms with Gasteiger partial charge in [-0.05, 0) is 86.4 Å². The second kappa shape index (κ2) is 14.8. The van der Waals surface area contributed by atoms with Gasteiger partial charge in [0.05, 0.1) is 36.3 Å². The maximum absolute atomic E-state index is 14.1. The number of ether oxygens (including phenoxy) is 6. The molecule has 0 radical (unpaired) electrons. The number of allylic oxidation sites excluding steroid dienone is 1. The molecule has 282 valence electrons. The number of esters is 1. The van der Waals surface area contributed by atoms with Gasteiger partial charge < -0.3 is 43.5 Å². The summed E-state index contributed by atoms with van der Waals surface area (Å²) in [6.45, 7) is 22.6. The summed E-state index contributed by atoms with van der Waals surface area (Å²) in [5, 5.41) is 22.5. The molecule has 0 unspecified atom stereocenters. The van der Waals surface area contributed by atoms with Crippen molar-refractivity contribution in [2.24, 2.45) is 29.1 Å². The predicted octanol–water partition coefficient (Wildman–Crippen LogP) is 5.00. The lowest BCUT2D eigenvalue weighted by Gasteiger charge is -2.49. The number of aliphatic hydroxyl groups is 2. The third-order valence-electron chi connectivity index (χ3n) is 11.9. The molecule has 11 nitrogen and oxygen atoms in total. The zero-order valence-electron chi connectivity index (χ0n) is 32.4. The van der Waals surface area contributed by atoms with Crippen LogP contribution in [0.4, 0.5) is 0 Å². The van der Waals surface area contributed by atoms with Gasteiger partial charge in [-0.25, -0.2) is 0 Å². The fourth-order valence-corrected chi connectivity index (χ4v) is 8.92. The number of carbonyl (C=O) groups is 2. The molecule has 4 heterocycles. The van der Waals surface area contributed by atoms with E-state index < -0.39 is 89.2 Å². The average molecular weight is 696 g/mol. The number of nitrogens with zero attached hydrogens (tertiary/aromatic N) is 1. The van der Waals surface area contributed by atoms with Crippen LogP contribution in [0.5, 0.6) is 0 Å². The Kier molecular flexibility index (Phi) is 12.1. The van der Waals surface area contributed by atoms with Crippen LogP contribution in [0.2, 0.25) is 0 Å². The maximum atomic E-state index is 14.1. The number of cyclic esters (lactones) is 1. The van der Waals surface area contributed by atoms with E-state index in [-0.39, 0.29) is 24.5 Å². The van der Waals surface area contributed by atoms with E-state index in [0.29, 0.717) is 18.6 Å². The van der Waals surface area contributed by atoms with Gasteiger partial charge in [0.1, 0.15) is 23.6 Å². The molecule has 11 heteroatoms. The van der Waals surface area contributed by atoms with Crippen LogP contribution in [0.3, 0.4) is 0 Å². The molecule has 15 atom stereocenters. The Morgan fingerprint density at radius 2 is 1.59 bits per heavy atom. The van der Waals surface area contributed by atoms with Crippen LogP contribution >= 0.6 is 0 Å². The summed E-state index contributed by atoms with van der Waals surface area (Å²) >= 11 is 0. The highest BCUT2D eigenvalue weighted by Gasteiger charge is 2.55. The van der Waals surface area contributed by atoms with Crippen LogP contribution in [-0.4, -0.2) is 107 Å². The summed E-state index contributed by atoms with van der Waals surface area (Å²) in [4.78, 5) is 30.3. The van der Waals surface area contributed by atoms with Crippen molar-refractivity contribution in [2.45, 2.75) is 175 Å². The van der Waals surface area contributed by atoms with Crippen molar-refractivity contribution < 1.29 is 48.2 Å². The number of rotatable bonds is 6. The number of hydrogen-bond donors (Lipinski definition) is 2. The highest BCUT2D eigenvalue weighted by Crippen LogP contribution is 2.47. The van der Waals surface area contributed by atoms with Crippen molar-refractivity contribution in [1.29, 1.82) is 0 Å². The van der Waals surface area contributed by atoms with Crippen molar-refractivity contribution in [3.63, 3.8) is 0 Å². The van der Waals surface area contributed by atoms with Crippen LogP contribution < -0.4 is 0 Å². The lowest BCUT2D eigenvalue weighted by Crippen LogP contribution is -2.57. The van der Waals surface area contributed by atoms with E-state index in [1.165, 1.54) is 6.92 Å². The van der Waals surface area contributed by atoms with Crippen molar-refractivity contribution in [3.8, 4) is 0 Å². The molecule has 3 fully saturated rings. The van der Waals surface area contributed by atoms with E-state index in [2.05, 4.69) is 32.8 Å². The summed E-state index contributed by atoms with van der Waals surface area (Å²) in [6.07, 6.45) is -3.17. The Morgan fingerprint density at radius 3 is 2.16 bits per heavy atom. The molecule has 0 aromatic heterocycles. The molecule has 2 bridgehead atoms.